The van der Waals surface area contributed by atoms with E-state index in [1.165, 1.54) is 0 Å². The van der Waals surface area contributed by atoms with Gasteiger partial charge in [-0.25, -0.2) is 4.39 Å². The number of halogens is 1. The fraction of sp³-hybridized carbons (Fsp3) is 0.640. The SMILES string of the molecule is CC(C)(C)[Si](C)(C)OC1CCN(c2cc3c(C#N)cn(COCC[Si](C)(C)C)c3cc2F)C1. The molecule has 0 radical (unpaired) electrons. The molecule has 2 heterocycles. The second-order valence-electron chi connectivity index (χ2n) is 12.0. The van der Waals surface area contributed by atoms with Gasteiger partial charge in [0.15, 0.2) is 8.32 Å². The molecule has 0 amide bonds. The van der Waals surface area contributed by atoms with E-state index in [0.717, 1.165) is 24.4 Å². The standard InChI is InChI=1S/C25H40FN3O2Si2/c1-25(2,3)33(7,8)31-20-9-10-28(17-20)24-13-21-19(15-27)16-29(23(21)14-22(24)26)18-30-11-12-32(4,5)6/h13-14,16,20H,9-12,17-18H2,1-8H3. The molecule has 1 fully saturated rings. The number of benzene rings is 1. The van der Waals surface area contributed by atoms with Crippen LogP contribution in [0.4, 0.5) is 10.1 Å². The van der Waals surface area contributed by atoms with Gasteiger partial charge in [-0.3, -0.25) is 0 Å². The van der Waals surface area contributed by atoms with Crippen molar-refractivity contribution in [3.8, 4) is 6.07 Å². The monoisotopic (exact) mass is 489 g/mol. The smallest absolute Gasteiger partial charge is 0.192 e. The minimum atomic E-state index is -1.88. The average Bonchev–Trinajstić information content (AvgIpc) is 3.26. The molecular weight excluding hydrogens is 449 g/mol. The highest BCUT2D eigenvalue weighted by Crippen LogP contribution is 2.39. The Morgan fingerprint density at radius 1 is 1.18 bits per heavy atom. The van der Waals surface area contributed by atoms with Crippen LogP contribution in [0.15, 0.2) is 18.3 Å². The van der Waals surface area contributed by atoms with E-state index in [1.807, 2.05) is 10.6 Å². The summed E-state index contributed by atoms with van der Waals surface area (Å²) in [6.07, 6.45) is 2.78. The number of hydrogen-bond acceptors (Lipinski definition) is 4. The summed E-state index contributed by atoms with van der Waals surface area (Å²) >= 11 is 0. The van der Waals surface area contributed by atoms with Gasteiger partial charge in [-0.1, -0.05) is 40.4 Å². The molecule has 182 valence electrons. The summed E-state index contributed by atoms with van der Waals surface area (Å²) in [7, 11) is -3.05. The molecule has 0 bridgehead atoms. The second kappa shape index (κ2) is 9.53. The van der Waals surface area contributed by atoms with Gasteiger partial charge in [0.2, 0.25) is 0 Å². The largest absolute Gasteiger partial charge is 0.412 e. The van der Waals surface area contributed by atoms with Gasteiger partial charge in [0.25, 0.3) is 0 Å². The molecule has 5 nitrogen and oxygen atoms in total. The summed E-state index contributed by atoms with van der Waals surface area (Å²) in [5.41, 5.74) is 1.81. The molecule has 1 saturated heterocycles. The van der Waals surface area contributed by atoms with Gasteiger partial charge in [0.1, 0.15) is 18.6 Å². The molecule has 0 aliphatic carbocycles. The summed E-state index contributed by atoms with van der Waals surface area (Å²) in [5, 5.41) is 10.6. The number of ether oxygens (including phenoxy) is 1. The Labute approximate surface area is 200 Å². The molecule has 1 aromatic carbocycles. The van der Waals surface area contributed by atoms with E-state index >= 15 is 4.39 Å². The number of anilines is 1. The Kier molecular flexibility index (Phi) is 7.49. The van der Waals surface area contributed by atoms with Crippen molar-refractivity contribution >= 4 is 33.0 Å². The Morgan fingerprint density at radius 3 is 2.48 bits per heavy atom. The lowest BCUT2D eigenvalue weighted by molar-refractivity contribution is 0.0902. The van der Waals surface area contributed by atoms with Gasteiger partial charge in [0.05, 0.1) is 22.9 Å². The van der Waals surface area contributed by atoms with E-state index in [4.69, 9.17) is 9.16 Å². The first-order chi connectivity index (χ1) is 15.2. The molecule has 1 aromatic heterocycles. The van der Waals surface area contributed by atoms with Crippen LogP contribution in [0.3, 0.4) is 0 Å². The highest BCUT2D eigenvalue weighted by Gasteiger charge is 2.40. The summed E-state index contributed by atoms with van der Waals surface area (Å²) < 4.78 is 29.5. The third kappa shape index (κ3) is 6.07. The van der Waals surface area contributed by atoms with Crippen molar-refractivity contribution in [3.63, 3.8) is 0 Å². The van der Waals surface area contributed by atoms with E-state index in [2.05, 4.69) is 64.5 Å². The van der Waals surface area contributed by atoms with Gasteiger partial charge in [-0.2, -0.15) is 5.26 Å². The Morgan fingerprint density at radius 2 is 1.88 bits per heavy atom. The van der Waals surface area contributed by atoms with Gasteiger partial charge in [-0.15, -0.1) is 0 Å². The van der Waals surface area contributed by atoms with Crippen LogP contribution in [0, 0.1) is 17.1 Å². The third-order valence-corrected chi connectivity index (χ3v) is 13.3. The van der Waals surface area contributed by atoms with Crippen molar-refractivity contribution in [2.45, 2.75) is 83.8 Å². The fourth-order valence-electron chi connectivity index (χ4n) is 3.92. The predicted molar refractivity (Wildman–Crippen MR) is 140 cm³/mol. The summed E-state index contributed by atoms with van der Waals surface area (Å²) in [4.78, 5) is 2.07. The Hall–Kier alpha value is -1.67. The molecule has 1 aliphatic rings. The van der Waals surface area contributed by atoms with Gasteiger partial charge in [-0.05, 0) is 36.7 Å². The maximum Gasteiger partial charge on any atom is 0.192 e. The van der Waals surface area contributed by atoms with Crippen LogP contribution < -0.4 is 4.90 Å². The Balaban J connectivity index is 1.78. The molecule has 1 aliphatic heterocycles. The zero-order valence-corrected chi connectivity index (χ0v) is 23.6. The normalized spacial score (nSPS) is 17.7. The van der Waals surface area contributed by atoms with Crippen LogP contribution in [-0.4, -0.2) is 46.8 Å². The summed E-state index contributed by atoms with van der Waals surface area (Å²) in [6.45, 7) is 20.6. The average molecular weight is 490 g/mol. The van der Waals surface area contributed by atoms with E-state index in [9.17, 15) is 5.26 Å². The van der Waals surface area contributed by atoms with Gasteiger partial charge in [0, 0.05) is 45.4 Å². The van der Waals surface area contributed by atoms with Crippen LogP contribution in [-0.2, 0) is 15.9 Å². The minimum Gasteiger partial charge on any atom is -0.412 e. The number of nitrogens with zero attached hydrogens (tertiary/aromatic N) is 3. The maximum absolute atomic E-state index is 15.3. The molecule has 8 heteroatoms. The number of rotatable bonds is 8. The first-order valence-electron chi connectivity index (χ1n) is 11.9. The summed E-state index contributed by atoms with van der Waals surface area (Å²) in [5.74, 6) is -0.263. The van der Waals surface area contributed by atoms with Crippen LogP contribution in [0.2, 0.25) is 43.8 Å². The summed E-state index contributed by atoms with van der Waals surface area (Å²) in [6, 6.07) is 6.72. The minimum absolute atomic E-state index is 0.112. The quantitative estimate of drug-likeness (QED) is 0.311. The number of fused-ring (bicyclic) bond motifs is 1. The van der Waals surface area contributed by atoms with Crippen LogP contribution in [0.25, 0.3) is 10.9 Å². The van der Waals surface area contributed by atoms with E-state index in [-0.39, 0.29) is 17.0 Å². The molecule has 1 unspecified atom stereocenters. The molecule has 1 atom stereocenters. The van der Waals surface area contributed by atoms with E-state index < -0.39 is 16.4 Å². The maximum atomic E-state index is 15.3. The van der Waals surface area contributed by atoms with Crippen LogP contribution in [0.5, 0.6) is 0 Å². The van der Waals surface area contributed by atoms with Crippen molar-refractivity contribution in [2.75, 3.05) is 24.6 Å². The molecule has 0 saturated carbocycles. The van der Waals surface area contributed by atoms with Crippen molar-refractivity contribution in [2.24, 2.45) is 0 Å². The van der Waals surface area contributed by atoms with Crippen molar-refractivity contribution < 1.29 is 13.6 Å². The van der Waals surface area contributed by atoms with E-state index in [1.54, 1.807) is 12.3 Å². The first kappa shape index (κ1) is 25.9. The van der Waals surface area contributed by atoms with Crippen molar-refractivity contribution in [1.29, 1.82) is 5.26 Å². The zero-order chi connectivity index (χ0) is 24.6. The molecule has 0 N–H and O–H groups in total. The van der Waals surface area contributed by atoms with E-state index in [0.29, 0.717) is 36.6 Å². The van der Waals surface area contributed by atoms with Gasteiger partial charge < -0.3 is 18.6 Å². The lowest BCUT2D eigenvalue weighted by atomic mass is 10.1. The lowest BCUT2D eigenvalue weighted by Gasteiger charge is -2.38. The highest BCUT2D eigenvalue weighted by molar-refractivity contribution is 6.76. The number of nitriles is 1. The molecule has 2 aromatic rings. The third-order valence-electron chi connectivity index (χ3n) is 7.05. The van der Waals surface area contributed by atoms with Crippen molar-refractivity contribution in [3.05, 3.63) is 29.7 Å². The molecule has 0 spiro atoms. The Bertz CT molecular complexity index is 1030. The second-order valence-corrected chi connectivity index (χ2v) is 22.4. The molecule has 33 heavy (non-hydrogen) atoms. The highest BCUT2D eigenvalue weighted by atomic mass is 28.4. The topological polar surface area (TPSA) is 50.4 Å². The van der Waals surface area contributed by atoms with Crippen molar-refractivity contribution in [1.82, 2.24) is 4.57 Å². The fourth-order valence-corrected chi connectivity index (χ4v) is 6.05. The zero-order valence-electron chi connectivity index (χ0n) is 21.6. The predicted octanol–water partition coefficient (Wildman–Crippen LogP) is 6.56. The number of hydrogen-bond donors (Lipinski definition) is 0. The van der Waals surface area contributed by atoms with Crippen LogP contribution >= 0.6 is 0 Å². The lowest BCUT2D eigenvalue weighted by Crippen LogP contribution is -2.44. The first-order valence-corrected chi connectivity index (χ1v) is 18.6. The number of aromatic nitrogens is 1. The molecular formula is C25H40FN3O2Si2. The van der Waals surface area contributed by atoms with Crippen LogP contribution in [0.1, 0.15) is 32.8 Å². The molecule has 3 rings (SSSR count). The van der Waals surface area contributed by atoms with Gasteiger partial charge >= 0.3 is 0 Å².